The molecular weight excluding hydrogens is 357 g/mol. The molecule has 0 atom stereocenters. The molecule has 0 spiro atoms. The number of halogens is 1. The second kappa shape index (κ2) is 7.49. The average molecular weight is 373 g/mol. The topological polar surface area (TPSA) is 73.2 Å². The van der Waals surface area contributed by atoms with Gasteiger partial charge in [-0.25, -0.2) is 9.37 Å². The number of hydrogen-bond donors (Lipinski definition) is 1. The predicted octanol–water partition coefficient (Wildman–Crippen LogP) is 2.94. The molecule has 3 rings (SSSR count). The maximum Gasteiger partial charge on any atom is 0.295 e. The van der Waals surface area contributed by atoms with Crippen LogP contribution in [-0.2, 0) is 6.61 Å². The van der Waals surface area contributed by atoms with Crippen LogP contribution in [-0.4, -0.2) is 15.6 Å². The Kier molecular flexibility index (Phi) is 5.13. The molecule has 2 aromatic heterocycles. The number of aryl methyl sites for hydroxylation is 2. The van der Waals surface area contributed by atoms with Crippen LogP contribution in [0.25, 0.3) is 0 Å². The van der Waals surface area contributed by atoms with E-state index in [9.17, 15) is 14.0 Å². The minimum Gasteiger partial charge on any atom is -0.406 e. The SMILES string of the molecule is Cc1nc(NC(=O)c2cccn(OCc3ccccc3F)c2=O)sc1C. The smallest absolute Gasteiger partial charge is 0.295 e. The fourth-order valence-electron chi connectivity index (χ4n) is 2.19. The maximum atomic E-state index is 13.6. The Labute approximate surface area is 152 Å². The van der Waals surface area contributed by atoms with Crippen molar-refractivity contribution >= 4 is 22.4 Å². The molecule has 3 aromatic rings. The number of thiazole rings is 1. The van der Waals surface area contributed by atoms with E-state index in [0.29, 0.717) is 10.7 Å². The van der Waals surface area contributed by atoms with Crippen molar-refractivity contribution in [2.45, 2.75) is 20.5 Å². The van der Waals surface area contributed by atoms with E-state index in [1.807, 2.05) is 13.8 Å². The number of carbonyl (C=O) groups is 1. The molecule has 6 nitrogen and oxygen atoms in total. The van der Waals surface area contributed by atoms with Crippen LogP contribution in [0.5, 0.6) is 0 Å². The van der Waals surface area contributed by atoms with Crippen LogP contribution in [0.3, 0.4) is 0 Å². The van der Waals surface area contributed by atoms with Crippen molar-refractivity contribution in [3.05, 3.63) is 80.5 Å². The van der Waals surface area contributed by atoms with Crippen molar-refractivity contribution in [2.24, 2.45) is 0 Å². The predicted molar refractivity (Wildman–Crippen MR) is 96.9 cm³/mol. The van der Waals surface area contributed by atoms with E-state index in [2.05, 4.69) is 10.3 Å². The number of anilines is 1. The fraction of sp³-hybridized carbons (Fsp3) is 0.167. The van der Waals surface area contributed by atoms with Crippen LogP contribution in [0.2, 0.25) is 0 Å². The second-order valence-corrected chi connectivity index (χ2v) is 6.74. The molecule has 0 radical (unpaired) electrons. The van der Waals surface area contributed by atoms with Gasteiger partial charge in [0.05, 0.1) is 5.69 Å². The lowest BCUT2D eigenvalue weighted by atomic mass is 10.2. The first-order chi connectivity index (χ1) is 12.5. The molecular formula is C18H16FN3O3S. The number of hydrogen-bond acceptors (Lipinski definition) is 5. The summed E-state index contributed by atoms with van der Waals surface area (Å²) in [5, 5.41) is 3.03. The molecule has 0 bridgehead atoms. The summed E-state index contributed by atoms with van der Waals surface area (Å²) >= 11 is 1.33. The highest BCUT2D eigenvalue weighted by molar-refractivity contribution is 7.15. The molecule has 134 valence electrons. The minimum atomic E-state index is -0.633. The van der Waals surface area contributed by atoms with Gasteiger partial charge in [0.1, 0.15) is 18.0 Å². The lowest BCUT2D eigenvalue weighted by molar-refractivity contribution is 0.0847. The lowest BCUT2D eigenvalue weighted by Crippen LogP contribution is -2.32. The molecule has 0 aliphatic carbocycles. The summed E-state index contributed by atoms with van der Waals surface area (Å²) in [5.41, 5.74) is 0.407. The summed E-state index contributed by atoms with van der Waals surface area (Å²) in [6, 6.07) is 9.02. The van der Waals surface area contributed by atoms with E-state index >= 15 is 0 Å². The highest BCUT2D eigenvalue weighted by atomic mass is 32.1. The molecule has 1 N–H and O–H groups in total. The van der Waals surface area contributed by atoms with E-state index in [4.69, 9.17) is 4.84 Å². The number of carbonyl (C=O) groups excluding carboxylic acids is 1. The first-order valence-electron chi connectivity index (χ1n) is 7.79. The third kappa shape index (κ3) is 3.80. The highest BCUT2D eigenvalue weighted by Crippen LogP contribution is 2.21. The summed E-state index contributed by atoms with van der Waals surface area (Å²) in [6.07, 6.45) is 1.37. The molecule has 26 heavy (non-hydrogen) atoms. The van der Waals surface area contributed by atoms with Crippen molar-refractivity contribution in [2.75, 3.05) is 5.32 Å². The molecule has 0 aliphatic rings. The lowest BCUT2D eigenvalue weighted by Gasteiger charge is -2.10. The number of pyridine rings is 1. The number of aromatic nitrogens is 2. The van der Waals surface area contributed by atoms with Crippen LogP contribution in [0.1, 0.15) is 26.5 Å². The number of amides is 1. The van der Waals surface area contributed by atoms with Crippen LogP contribution in [0.4, 0.5) is 9.52 Å². The zero-order valence-electron chi connectivity index (χ0n) is 14.2. The number of nitrogens with one attached hydrogen (secondary N) is 1. The normalized spacial score (nSPS) is 10.6. The molecule has 2 heterocycles. The molecule has 0 fully saturated rings. The Morgan fingerprint density at radius 2 is 2.04 bits per heavy atom. The van der Waals surface area contributed by atoms with Gasteiger partial charge >= 0.3 is 0 Å². The molecule has 8 heteroatoms. The van der Waals surface area contributed by atoms with Gasteiger partial charge in [0.15, 0.2) is 5.13 Å². The van der Waals surface area contributed by atoms with Crippen LogP contribution < -0.4 is 15.7 Å². The Morgan fingerprint density at radius 1 is 1.27 bits per heavy atom. The van der Waals surface area contributed by atoms with E-state index in [-0.39, 0.29) is 12.2 Å². The van der Waals surface area contributed by atoms with Gasteiger partial charge in [-0.15, -0.1) is 11.3 Å². The second-order valence-electron chi connectivity index (χ2n) is 5.53. The third-order valence-corrected chi connectivity index (χ3v) is 4.71. The van der Waals surface area contributed by atoms with Gasteiger partial charge in [0.25, 0.3) is 11.5 Å². The zero-order chi connectivity index (χ0) is 18.7. The molecule has 1 amide bonds. The zero-order valence-corrected chi connectivity index (χ0v) is 15.0. The minimum absolute atomic E-state index is 0.0912. The molecule has 0 aliphatic heterocycles. The first kappa shape index (κ1) is 17.8. The average Bonchev–Trinajstić information content (AvgIpc) is 2.92. The number of rotatable bonds is 5. The van der Waals surface area contributed by atoms with Crippen molar-refractivity contribution in [3.63, 3.8) is 0 Å². The quantitative estimate of drug-likeness (QED) is 0.746. The van der Waals surface area contributed by atoms with Gasteiger partial charge < -0.3 is 4.84 Å². The van der Waals surface area contributed by atoms with Gasteiger partial charge in [-0.05, 0) is 32.0 Å². The number of nitrogens with zero attached hydrogens (tertiary/aromatic N) is 2. The standard InChI is InChI=1S/C18H16FN3O3S/c1-11-12(2)26-18(20-11)21-16(23)14-7-5-9-22(17(14)24)25-10-13-6-3-4-8-15(13)19/h3-9H,10H2,1-2H3,(H,20,21,23). The summed E-state index contributed by atoms with van der Waals surface area (Å²) in [5.74, 6) is -1.00. The summed E-state index contributed by atoms with van der Waals surface area (Å²) in [6.45, 7) is 3.60. The van der Waals surface area contributed by atoms with Gasteiger partial charge in [-0.3, -0.25) is 14.9 Å². The third-order valence-electron chi connectivity index (χ3n) is 3.73. The van der Waals surface area contributed by atoms with Gasteiger partial charge in [0, 0.05) is 16.6 Å². The van der Waals surface area contributed by atoms with Crippen molar-refractivity contribution in [1.82, 2.24) is 9.71 Å². The monoisotopic (exact) mass is 373 g/mol. The number of benzene rings is 1. The summed E-state index contributed by atoms with van der Waals surface area (Å²) in [4.78, 5) is 35.4. The molecule has 0 saturated carbocycles. The molecule has 0 unspecified atom stereocenters. The van der Waals surface area contributed by atoms with Gasteiger partial charge in [0.2, 0.25) is 0 Å². The van der Waals surface area contributed by atoms with Crippen molar-refractivity contribution in [3.8, 4) is 0 Å². The van der Waals surface area contributed by atoms with Gasteiger partial charge in [-0.2, -0.15) is 4.73 Å². The Morgan fingerprint density at radius 3 is 2.73 bits per heavy atom. The molecule has 0 saturated heterocycles. The fourth-order valence-corrected chi connectivity index (χ4v) is 3.00. The van der Waals surface area contributed by atoms with E-state index < -0.39 is 17.3 Å². The van der Waals surface area contributed by atoms with E-state index in [1.54, 1.807) is 18.2 Å². The largest absolute Gasteiger partial charge is 0.406 e. The summed E-state index contributed by atoms with van der Waals surface area (Å²) in [7, 11) is 0. The van der Waals surface area contributed by atoms with E-state index in [0.717, 1.165) is 15.3 Å². The Balaban J connectivity index is 1.77. The van der Waals surface area contributed by atoms with Crippen LogP contribution >= 0.6 is 11.3 Å². The molecule has 1 aromatic carbocycles. The van der Waals surface area contributed by atoms with E-state index in [1.165, 1.54) is 35.7 Å². The summed E-state index contributed by atoms with van der Waals surface area (Å²) < 4.78 is 14.6. The van der Waals surface area contributed by atoms with Crippen molar-refractivity contribution < 1.29 is 14.0 Å². The van der Waals surface area contributed by atoms with Crippen molar-refractivity contribution in [1.29, 1.82) is 0 Å². The van der Waals surface area contributed by atoms with Crippen LogP contribution in [0, 0.1) is 19.7 Å². The van der Waals surface area contributed by atoms with Gasteiger partial charge in [-0.1, -0.05) is 18.2 Å². The first-order valence-corrected chi connectivity index (χ1v) is 8.61. The maximum absolute atomic E-state index is 13.6. The highest BCUT2D eigenvalue weighted by Gasteiger charge is 2.15. The Hall–Kier alpha value is -3.00. The Bertz CT molecular complexity index is 993. The van der Waals surface area contributed by atoms with Crippen LogP contribution in [0.15, 0.2) is 47.4 Å².